The third kappa shape index (κ3) is 3.99. The van der Waals surface area contributed by atoms with Crippen LogP contribution in [-0.2, 0) is 9.59 Å². The van der Waals surface area contributed by atoms with E-state index >= 15 is 0 Å². The molecule has 2 saturated heterocycles. The molecule has 34 heavy (non-hydrogen) atoms. The number of carbonyl (C=O) groups is 3. The first kappa shape index (κ1) is 22.9. The van der Waals surface area contributed by atoms with Crippen molar-refractivity contribution >= 4 is 61.6 Å². The number of imide groups is 1. The van der Waals surface area contributed by atoms with Gasteiger partial charge >= 0.3 is 0 Å². The maximum atomic E-state index is 13.0. The average molecular weight is 538 g/mol. The Morgan fingerprint density at radius 1 is 1.06 bits per heavy atom. The SMILES string of the molecule is Cc1cc(/C=C2\SC(=O)N(CC(=O)N3CCCC3)C2=O)c(C)n1-c1ccc(Br)c2ccccc12. The maximum Gasteiger partial charge on any atom is 0.294 e. The molecule has 3 aromatic rings. The molecule has 6 nitrogen and oxygen atoms in total. The van der Waals surface area contributed by atoms with Crippen molar-refractivity contribution in [3.8, 4) is 5.69 Å². The fraction of sp³-hybridized carbons (Fsp3) is 0.269. The Hall–Kier alpha value is -2.84. The molecule has 2 aromatic carbocycles. The quantitative estimate of drug-likeness (QED) is 0.402. The van der Waals surface area contributed by atoms with Crippen molar-refractivity contribution in [2.45, 2.75) is 26.7 Å². The molecule has 0 spiro atoms. The van der Waals surface area contributed by atoms with Crippen molar-refractivity contribution in [2.75, 3.05) is 19.6 Å². The van der Waals surface area contributed by atoms with E-state index in [1.165, 1.54) is 0 Å². The summed E-state index contributed by atoms with van der Waals surface area (Å²) < 4.78 is 3.20. The summed E-state index contributed by atoms with van der Waals surface area (Å²) in [7, 11) is 0. The van der Waals surface area contributed by atoms with E-state index in [0.29, 0.717) is 18.0 Å². The monoisotopic (exact) mass is 537 g/mol. The molecule has 0 atom stereocenters. The van der Waals surface area contributed by atoms with E-state index in [0.717, 1.165) is 67.4 Å². The summed E-state index contributed by atoms with van der Waals surface area (Å²) in [6.45, 7) is 5.24. The number of likely N-dealkylation sites (tertiary alicyclic amines) is 1. The van der Waals surface area contributed by atoms with Crippen molar-refractivity contribution in [1.29, 1.82) is 0 Å². The van der Waals surface area contributed by atoms with Gasteiger partial charge in [-0.15, -0.1) is 0 Å². The number of halogens is 1. The first-order valence-corrected chi connectivity index (χ1v) is 12.9. The first-order chi connectivity index (χ1) is 16.3. The van der Waals surface area contributed by atoms with Gasteiger partial charge in [-0.3, -0.25) is 19.3 Å². The zero-order valence-electron chi connectivity index (χ0n) is 19.0. The van der Waals surface area contributed by atoms with E-state index in [2.05, 4.69) is 38.7 Å². The second kappa shape index (κ2) is 9.07. The lowest BCUT2D eigenvalue weighted by Gasteiger charge is -2.18. The van der Waals surface area contributed by atoms with Gasteiger partial charge in [-0.05, 0) is 73.7 Å². The predicted molar refractivity (Wildman–Crippen MR) is 139 cm³/mol. The van der Waals surface area contributed by atoms with Crippen LogP contribution >= 0.6 is 27.7 Å². The molecule has 0 radical (unpaired) electrons. The Morgan fingerprint density at radius 3 is 2.50 bits per heavy atom. The molecular formula is C26H24BrN3O3S. The van der Waals surface area contributed by atoms with E-state index < -0.39 is 11.1 Å². The number of fused-ring (bicyclic) bond motifs is 1. The fourth-order valence-corrected chi connectivity index (χ4v) is 6.03. The maximum absolute atomic E-state index is 13.0. The number of benzene rings is 2. The van der Waals surface area contributed by atoms with E-state index in [1.807, 2.05) is 38.1 Å². The highest BCUT2D eigenvalue weighted by atomic mass is 79.9. The molecule has 0 aliphatic carbocycles. The summed E-state index contributed by atoms with van der Waals surface area (Å²) in [5.41, 5.74) is 3.93. The van der Waals surface area contributed by atoms with Gasteiger partial charge in [0.15, 0.2) is 0 Å². The number of amides is 3. The second-order valence-corrected chi connectivity index (χ2v) is 10.5. The standard InChI is InChI=1S/C26H24BrN3O3S/c1-16-13-18(17(2)30(16)22-10-9-21(27)19-7-3-4-8-20(19)22)14-23-25(32)29(26(33)34-23)15-24(31)28-11-5-6-12-28/h3-4,7-10,13-14H,5-6,11-12,15H2,1-2H3/b23-14-. The molecule has 2 aliphatic heterocycles. The second-order valence-electron chi connectivity index (χ2n) is 8.63. The van der Waals surface area contributed by atoms with Crippen molar-refractivity contribution in [2.24, 2.45) is 0 Å². The zero-order valence-corrected chi connectivity index (χ0v) is 21.4. The largest absolute Gasteiger partial charge is 0.341 e. The van der Waals surface area contributed by atoms with Crippen molar-refractivity contribution in [3.63, 3.8) is 0 Å². The number of nitrogens with zero attached hydrogens (tertiary/aromatic N) is 3. The molecule has 2 fully saturated rings. The molecule has 8 heteroatoms. The number of aromatic nitrogens is 1. The topological polar surface area (TPSA) is 62.6 Å². The molecule has 0 N–H and O–H groups in total. The smallest absolute Gasteiger partial charge is 0.294 e. The number of aryl methyl sites for hydroxylation is 1. The molecule has 0 unspecified atom stereocenters. The lowest BCUT2D eigenvalue weighted by molar-refractivity contribution is -0.135. The van der Waals surface area contributed by atoms with Crippen LogP contribution in [0.5, 0.6) is 0 Å². The first-order valence-electron chi connectivity index (χ1n) is 11.2. The number of hydrogen-bond acceptors (Lipinski definition) is 4. The summed E-state index contributed by atoms with van der Waals surface area (Å²) >= 11 is 4.54. The molecule has 5 rings (SSSR count). The Morgan fingerprint density at radius 2 is 1.76 bits per heavy atom. The molecule has 174 valence electrons. The number of hydrogen-bond donors (Lipinski definition) is 0. The minimum atomic E-state index is -0.401. The van der Waals surface area contributed by atoms with Crippen LogP contribution in [0.1, 0.15) is 29.8 Å². The van der Waals surface area contributed by atoms with Gasteiger partial charge in [0.05, 0.1) is 10.6 Å². The Bertz CT molecular complexity index is 1370. The number of carbonyl (C=O) groups excluding carboxylic acids is 3. The van der Waals surface area contributed by atoms with Crippen LogP contribution in [0.25, 0.3) is 22.5 Å². The van der Waals surface area contributed by atoms with Crippen LogP contribution in [0.2, 0.25) is 0 Å². The molecule has 3 heterocycles. The predicted octanol–water partition coefficient (Wildman–Crippen LogP) is 5.67. The Balaban J connectivity index is 1.46. The fourth-order valence-electron chi connectivity index (χ4n) is 4.73. The van der Waals surface area contributed by atoms with Gasteiger partial charge in [0.2, 0.25) is 5.91 Å². The van der Waals surface area contributed by atoms with Gasteiger partial charge in [0, 0.05) is 34.3 Å². The third-order valence-corrected chi connectivity index (χ3v) is 8.07. The molecular weight excluding hydrogens is 514 g/mol. The van der Waals surface area contributed by atoms with Crippen LogP contribution in [0.15, 0.2) is 51.8 Å². The van der Waals surface area contributed by atoms with Gasteiger partial charge in [-0.25, -0.2) is 0 Å². The van der Waals surface area contributed by atoms with Crippen LogP contribution in [-0.4, -0.2) is 51.1 Å². The summed E-state index contributed by atoms with van der Waals surface area (Å²) in [5.74, 6) is -0.567. The summed E-state index contributed by atoms with van der Waals surface area (Å²) in [6.07, 6.45) is 3.71. The van der Waals surface area contributed by atoms with Crippen LogP contribution in [0.3, 0.4) is 0 Å². The van der Waals surface area contributed by atoms with Gasteiger partial charge in [0.25, 0.3) is 11.1 Å². The lowest BCUT2D eigenvalue weighted by Crippen LogP contribution is -2.40. The average Bonchev–Trinajstić information content (AvgIpc) is 3.52. The molecule has 2 aliphatic rings. The summed E-state index contributed by atoms with van der Waals surface area (Å²) in [4.78, 5) is 41.2. The Kier molecular flexibility index (Phi) is 6.12. The highest BCUT2D eigenvalue weighted by molar-refractivity contribution is 9.10. The van der Waals surface area contributed by atoms with Crippen LogP contribution in [0.4, 0.5) is 4.79 Å². The molecule has 3 amide bonds. The van der Waals surface area contributed by atoms with Crippen molar-refractivity contribution < 1.29 is 14.4 Å². The normalized spacial score (nSPS) is 17.6. The lowest BCUT2D eigenvalue weighted by atomic mass is 10.1. The van der Waals surface area contributed by atoms with E-state index in [9.17, 15) is 14.4 Å². The highest BCUT2D eigenvalue weighted by Gasteiger charge is 2.37. The highest BCUT2D eigenvalue weighted by Crippen LogP contribution is 2.35. The molecule has 1 aromatic heterocycles. The molecule has 0 saturated carbocycles. The minimum Gasteiger partial charge on any atom is -0.341 e. The van der Waals surface area contributed by atoms with Gasteiger partial charge in [-0.2, -0.15) is 0 Å². The summed E-state index contributed by atoms with van der Waals surface area (Å²) in [5, 5.41) is 1.85. The van der Waals surface area contributed by atoms with Gasteiger partial charge in [-0.1, -0.05) is 40.2 Å². The zero-order chi connectivity index (χ0) is 24.0. The Labute approximate surface area is 210 Å². The molecule has 0 bridgehead atoms. The third-order valence-electron chi connectivity index (χ3n) is 6.47. The van der Waals surface area contributed by atoms with Crippen molar-refractivity contribution in [3.05, 3.63) is 68.8 Å². The van der Waals surface area contributed by atoms with Crippen LogP contribution in [0, 0.1) is 13.8 Å². The number of thioether (sulfide) groups is 1. The van der Waals surface area contributed by atoms with Gasteiger partial charge in [0.1, 0.15) is 6.54 Å². The van der Waals surface area contributed by atoms with Crippen LogP contribution < -0.4 is 0 Å². The van der Waals surface area contributed by atoms with Gasteiger partial charge < -0.3 is 9.47 Å². The van der Waals surface area contributed by atoms with E-state index in [-0.39, 0.29) is 12.5 Å². The minimum absolute atomic E-state index is 0.165. The number of rotatable bonds is 4. The summed E-state index contributed by atoms with van der Waals surface area (Å²) in [6, 6.07) is 14.4. The van der Waals surface area contributed by atoms with E-state index in [4.69, 9.17) is 0 Å². The van der Waals surface area contributed by atoms with Crippen molar-refractivity contribution in [1.82, 2.24) is 14.4 Å². The van der Waals surface area contributed by atoms with E-state index in [1.54, 1.807) is 11.0 Å².